The van der Waals surface area contributed by atoms with Gasteiger partial charge in [0.25, 0.3) is 0 Å². The molecule has 0 aromatic heterocycles. The number of hydrogen-bond donors (Lipinski definition) is 1. The number of aliphatic imine (C=N–C) groups is 1. The number of aryl methyl sites for hydroxylation is 2. The molecule has 1 aliphatic rings. The van der Waals surface area contributed by atoms with E-state index in [1.165, 1.54) is 11.1 Å². The summed E-state index contributed by atoms with van der Waals surface area (Å²) in [7, 11) is 2.09. The van der Waals surface area contributed by atoms with E-state index >= 15 is 0 Å². The molecule has 1 saturated heterocycles. The highest BCUT2D eigenvalue weighted by atomic mass is 16.5. The topological polar surface area (TPSA) is 46.1 Å². The van der Waals surface area contributed by atoms with Crippen molar-refractivity contribution >= 4 is 5.96 Å². The van der Waals surface area contributed by atoms with E-state index in [0.29, 0.717) is 19.1 Å². The zero-order valence-corrected chi connectivity index (χ0v) is 15.5. The van der Waals surface area contributed by atoms with E-state index in [9.17, 15) is 0 Å². The molecule has 1 aromatic rings. The lowest BCUT2D eigenvalue weighted by Crippen LogP contribution is -2.41. The van der Waals surface area contributed by atoms with Gasteiger partial charge < -0.3 is 19.7 Å². The summed E-state index contributed by atoms with van der Waals surface area (Å²) in [4.78, 5) is 6.89. The fourth-order valence-electron chi connectivity index (χ4n) is 3.00. The molecule has 0 amide bonds. The lowest BCUT2D eigenvalue weighted by Gasteiger charge is -2.24. The Bertz CT molecular complexity index is 519. The zero-order valence-electron chi connectivity index (χ0n) is 15.5. The van der Waals surface area contributed by atoms with Gasteiger partial charge in [-0.3, -0.25) is 0 Å². The van der Waals surface area contributed by atoms with Crippen LogP contribution in [0.25, 0.3) is 0 Å². The summed E-state index contributed by atoms with van der Waals surface area (Å²) in [6, 6.07) is 6.21. The van der Waals surface area contributed by atoms with Crippen LogP contribution < -0.4 is 10.1 Å². The lowest BCUT2D eigenvalue weighted by molar-refractivity contribution is 0.181. The van der Waals surface area contributed by atoms with Gasteiger partial charge in [0.1, 0.15) is 12.4 Å². The predicted octanol–water partition coefficient (Wildman–Crippen LogP) is 2.62. The number of rotatable bonds is 7. The quantitative estimate of drug-likeness (QED) is 0.473. The van der Waals surface area contributed by atoms with Crippen LogP contribution in [0.5, 0.6) is 5.75 Å². The van der Waals surface area contributed by atoms with Gasteiger partial charge in [-0.25, -0.2) is 4.99 Å². The highest BCUT2D eigenvalue weighted by Gasteiger charge is 2.18. The van der Waals surface area contributed by atoms with Crippen LogP contribution in [0.3, 0.4) is 0 Å². The van der Waals surface area contributed by atoms with Gasteiger partial charge in [-0.05, 0) is 38.3 Å². The highest BCUT2D eigenvalue weighted by Crippen LogP contribution is 2.22. The largest absolute Gasteiger partial charge is 0.491 e. The second-order valence-corrected chi connectivity index (χ2v) is 6.42. The molecule has 5 nitrogen and oxygen atoms in total. The third-order valence-corrected chi connectivity index (χ3v) is 4.26. The summed E-state index contributed by atoms with van der Waals surface area (Å²) in [6.45, 7) is 11.1. The normalized spacial score (nSPS) is 17.8. The fraction of sp³-hybridized carbons (Fsp3) is 0.632. The molecule has 1 atom stereocenters. The van der Waals surface area contributed by atoms with Crippen molar-refractivity contribution in [1.82, 2.24) is 10.2 Å². The average molecular weight is 333 g/mol. The Morgan fingerprint density at radius 1 is 1.38 bits per heavy atom. The van der Waals surface area contributed by atoms with Crippen LogP contribution in [-0.2, 0) is 4.74 Å². The van der Waals surface area contributed by atoms with Crippen LogP contribution in [0.1, 0.15) is 24.5 Å². The number of guanidine groups is 1. The molecule has 0 saturated carbocycles. The number of para-hydroxylation sites is 1. The van der Waals surface area contributed by atoms with Gasteiger partial charge >= 0.3 is 0 Å². The Balaban J connectivity index is 1.86. The Kier molecular flexibility index (Phi) is 7.37. The van der Waals surface area contributed by atoms with Crippen LogP contribution in [0.2, 0.25) is 0 Å². The van der Waals surface area contributed by atoms with E-state index in [1.807, 2.05) is 0 Å². The van der Waals surface area contributed by atoms with Gasteiger partial charge in [0.05, 0.1) is 13.2 Å². The molecule has 1 fully saturated rings. The van der Waals surface area contributed by atoms with Gasteiger partial charge in [-0.1, -0.05) is 18.2 Å². The maximum Gasteiger partial charge on any atom is 0.193 e. The van der Waals surface area contributed by atoms with Crippen molar-refractivity contribution in [2.24, 2.45) is 10.9 Å². The maximum absolute atomic E-state index is 5.94. The summed E-state index contributed by atoms with van der Waals surface area (Å²) in [5.41, 5.74) is 2.34. The molecular weight excluding hydrogens is 302 g/mol. The monoisotopic (exact) mass is 333 g/mol. The SMILES string of the molecule is CCNC(=NCCOc1c(C)cccc1C)N(C)CC1CCOC1. The third kappa shape index (κ3) is 5.41. The Morgan fingerprint density at radius 2 is 2.12 bits per heavy atom. The number of hydrogen-bond acceptors (Lipinski definition) is 3. The summed E-state index contributed by atoms with van der Waals surface area (Å²) < 4.78 is 11.4. The number of nitrogens with one attached hydrogen (secondary N) is 1. The molecular formula is C19H31N3O2. The van der Waals surface area contributed by atoms with Crippen LogP contribution in [0.15, 0.2) is 23.2 Å². The second-order valence-electron chi connectivity index (χ2n) is 6.42. The van der Waals surface area contributed by atoms with Crippen LogP contribution in [0.4, 0.5) is 0 Å². The molecule has 1 aliphatic heterocycles. The minimum atomic E-state index is 0.584. The van der Waals surface area contributed by atoms with Crippen molar-refractivity contribution in [3.8, 4) is 5.75 Å². The summed E-state index contributed by atoms with van der Waals surface area (Å²) in [5, 5.41) is 3.36. The Labute approximate surface area is 146 Å². The molecule has 24 heavy (non-hydrogen) atoms. The summed E-state index contributed by atoms with van der Waals surface area (Å²) >= 11 is 0. The van der Waals surface area contributed by atoms with Crippen molar-refractivity contribution in [3.63, 3.8) is 0 Å². The molecule has 1 unspecified atom stereocenters. The molecule has 5 heteroatoms. The van der Waals surface area contributed by atoms with E-state index in [4.69, 9.17) is 14.5 Å². The van der Waals surface area contributed by atoms with Crippen molar-refractivity contribution in [1.29, 1.82) is 0 Å². The van der Waals surface area contributed by atoms with Gasteiger partial charge in [0, 0.05) is 32.7 Å². The lowest BCUT2D eigenvalue weighted by atomic mass is 10.1. The van der Waals surface area contributed by atoms with Gasteiger partial charge in [0.2, 0.25) is 0 Å². The number of nitrogens with zero attached hydrogens (tertiary/aromatic N) is 2. The smallest absolute Gasteiger partial charge is 0.193 e. The van der Waals surface area contributed by atoms with E-state index in [2.05, 4.69) is 56.2 Å². The van der Waals surface area contributed by atoms with Crippen molar-refractivity contribution in [2.45, 2.75) is 27.2 Å². The average Bonchev–Trinajstić information content (AvgIpc) is 3.05. The maximum atomic E-state index is 5.94. The number of benzene rings is 1. The van der Waals surface area contributed by atoms with Crippen molar-refractivity contribution in [2.75, 3.05) is 46.5 Å². The van der Waals surface area contributed by atoms with Crippen molar-refractivity contribution < 1.29 is 9.47 Å². The Morgan fingerprint density at radius 3 is 2.75 bits per heavy atom. The summed E-state index contributed by atoms with van der Waals surface area (Å²) in [6.07, 6.45) is 1.14. The van der Waals surface area contributed by atoms with Crippen molar-refractivity contribution in [3.05, 3.63) is 29.3 Å². The van der Waals surface area contributed by atoms with Gasteiger partial charge in [0.15, 0.2) is 5.96 Å². The van der Waals surface area contributed by atoms with Crippen LogP contribution in [0, 0.1) is 19.8 Å². The minimum absolute atomic E-state index is 0.584. The Hall–Kier alpha value is -1.75. The van der Waals surface area contributed by atoms with E-state index in [1.54, 1.807) is 0 Å². The van der Waals surface area contributed by atoms with Crippen LogP contribution >= 0.6 is 0 Å². The first-order chi connectivity index (χ1) is 11.6. The van der Waals surface area contributed by atoms with Gasteiger partial charge in [-0.15, -0.1) is 0 Å². The van der Waals surface area contributed by atoms with Gasteiger partial charge in [-0.2, -0.15) is 0 Å². The zero-order chi connectivity index (χ0) is 17.4. The second kappa shape index (κ2) is 9.52. The summed E-state index contributed by atoms with van der Waals surface area (Å²) in [5.74, 6) is 2.52. The number of ether oxygens (including phenoxy) is 2. The molecule has 0 aliphatic carbocycles. The van der Waals surface area contributed by atoms with E-state index in [-0.39, 0.29) is 0 Å². The van der Waals surface area contributed by atoms with E-state index in [0.717, 1.165) is 44.4 Å². The first kappa shape index (κ1) is 18.6. The molecule has 0 spiro atoms. The molecule has 1 aromatic carbocycles. The van der Waals surface area contributed by atoms with Crippen LogP contribution in [-0.4, -0.2) is 57.4 Å². The highest BCUT2D eigenvalue weighted by molar-refractivity contribution is 5.79. The minimum Gasteiger partial charge on any atom is -0.491 e. The molecule has 2 rings (SSSR count). The predicted molar refractivity (Wildman–Crippen MR) is 98.9 cm³/mol. The first-order valence-corrected chi connectivity index (χ1v) is 8.88. The third-order valence-electron chi connectivity index (χ3n) is 4.26. The first-order valence-electron chi connectivity index (χ1n) is 8.88. The van der Waals surface area contributed by atoms with E-state index < -0.39 is 0 Å². The molecule has 134 valence electrons. The molecule has 0 radical (unpaired) electrons. The molecule has 0 bridgehead atoms. The molecule has 1 N–H and O–H groups in total. The molecule has 1 heterocycles. The fourth-order valence-corrected chi connectivity index (χ4v) is 3.00. The standard InChI is InChI=1S/C19H31N3O2/c1-5-20-19(22(4)13-17-9-11-23-14-17)21-10-12-24-18-15(2)7-6-8-16(18)3/h6-8,17H,5,9-14H2,1-4H3,(H,20,21).